The summed E-state index contributed by atoms with van der Waals surface area (Å²) in [6, 6.07) is 4.31. The quantitative estimate of drug-likeness (QED) is 0.833. The van der Waals surface area contributed by atoms with E-state index in [1.54, 1.807) is 0 Å². The van der Waals surface area contributed by atoms with Gasteiger partial charge in [-0.25, -0.2) is 4.39 Å². The van der Waals surface area contributed by atoms with Crippen LogP contribution in [0.5, 0.6) is 0 Å². The Labute approximate surface area is 122 Å². The fourth-order valence-electron chi connectivity index (χ4n) is 2.34. The van der Waals surface area contributed by atoms with Crippen molar-refractivity contribution in [3.05, 3.63) is 34.6 Å². The molecule has 1 aliphatic rings. The molecule has 1 atom stereocenters. The summed E-state index contributed by atoms with van der Waals surface area (Å²) in [7, 11) is 0. The molecule has 2 nitrogen and oxygen atoms in total. The summed E-state index contributed by atoms with van der Waals surface area (Å²) in [5.74, 6) is -0.752. The number of carbonyl (C=O) groups is 1. The second-order valence-electron chi connectivity index (χ2n) is 4.88. The van der Waals surface area contributed by atoms with Gasteiger partial charge in [-0.1, -0.05) is 36.9 Å². The molecular formula is C14H16Cl2FNO. The van der Waals surface area contributed by atoms with Gasteiger partial charge in [0.15, 0.2) is 0 Å². The van der Waals surface area contributed by atoms with E-state index in [-0.39, 0.29) is 17.0 Å². The van der Waals surface area contributed by atoms with Crippen LogP contribution in [0.1, 0.15) is 43.0 Å². The minimum absolute atomic E-state index is 0.0198. The van der Waals surface area contributed by atoms with Crippen molar-refractivity contribution in [1.82, 2.24) is 5.32 Å². The highest BCUT2D eigenvalue weighted by Crippen LogP contribution is 2.26. The van der Waals surface area contributed by atoms with Crippen molar-refractivity contribution in [1.29, 1.82) is 0 Å². The van der Waals surface area contributed by atoms with Gasteiger partial charge in [-0.3, -0.25) is 4.79 Å². The number of hydrogen-bond acceptors (Lipinski definition) is 1. The fraction of sp³-hybridized carbons (Fsp3) is 0.500. The predicted octanol–water partition coefficient (Wildman–Crippen LogP) is 4.21. The van der Waals surface area contributed by atoms with Crippen molar-refractivity contribution in [3.8, 4) is 0 Å². The van der Waals surface area contributed by atoms with Crippen molar-refractivity contribution < 1.29 is 9.18 Å². The summed E-state index contributed by atoms with van der Waals surface area (Å²) in [5.41, 5.74) is 0.515. The Bertz CT molecular complexity index is 461. The molecule has 2 rings (SSSR count). The molecular weight excluding hydrogens is 288 g/mol. The van der Waals surface area contributed by atoms with Crippen LogP contribution < -0.4 is 5.32 Å². The van der Waals surface area contributed by atoms with E-state index in [0.717, 1.165) is 25.7 Å². The number of hydrogen-bond donors (Lipinski definition) is 1. The molecule has 5 heteroatoms. The van der Waals surface area contributed by atoms with E-state index in [9.17, 15) is 9.18 Å². The zero-order chi connectivity index (χ0) is 13.8. The second kappa shape index (κ2) is 6.58. The fourth-order valence-corrected chi connectivity index (χ4v) is 2.73. The van der Waals surface area contributed by atoms with Crippen LogP contribution in [-0.4, -0.2) is 11.9 Å². The molecule has 1 fully saturated rings. The standard InChI is InChI=1S/C14H16Cl2FNO/c15-11-8-9(6-7-12(11)17)13(16)14(19)18-10-4-2-1-3-5-10/h6-8,10,13H,1-5H2,(H,18,19). The van der Waals surface area contributed by atoms with Gasteiger partial charge in [0.25, 0.3) is 0 Å². The summed E-state index contributed by atoms with van der Waals surface area (Å²) >= 11 is 11.8. The van der Waals surface area contributed by atoms with Crippen LogP contribution >= 0.6 is 23.2 Å². The molecule has 1 N–H and O–H groups in total. The van der Waals surface area contributed by atoms with Crippen molar-refractivity contribution in [3.63, 3.8) is 0 Å². The van der Waals surface area contributed by atoms with Gasteiger partial charge >= 0.3 is 0 Å². The maximum Gasteiger partial charge on any atom is 0.242 e. The van der Waals surface area contributed by atoms with Crippen LogP contribution in [0.2, 0.25) is 5.02 Å². The third-order valence-corrected chi connectivity index (χ3v) is 4.16. The first-order chi connectivity index (χ1) is 9.08. The van der Waals surface area contributed by atoms with Crippen molar-refractivity contribution in [2.24, 2.45) is 0 Å². The molecule has 1 amide bonds. The van der Waals surface area contributed by atoms with Gasteiger partial charge < -0.3 is 5.32 Å². The van der Waals surface area contributed by atoms with Gasteiger partial charge in [0.05, 0.1) is 5.02 Å². The highest BCUT2D eigenvalue weighted by molar-refractivity contribution is 6.32. The Kier molecular flexibility index (Phi) is 5.06. The third-order valence-electron chi connectivity index (χ3n) is 3.42. The molecule has 1 unspecified atom stereocenters. The van der Waals surface area contributed by atoms with Crippen LogP contribution in [0.15, 0.2) is 18.2 Å². The Morgan fingerprint density at radius 2 is 2.00 bits per heavy atom. The Hall–Kier alpha value is -0.800. The number of halogens is 3. The zero-order valence-corrected chi connectivity index (χ0v) is 12.0. The van der Waals surface area contributed by atoms with Gasteiger partial charge in [0, 0.05) is 6.04 Å². The molecule has 0 heterocycles. The first-order valence-electron chi connectivity index (χ1n) is 6.47. The lowest BCUT2D eigenvalue weighted by molar-refractivity contribution is -0.121. The molecule has 0 saturated heterocycles. The van der Waals surface area contributed by atoms with Gasteiger partial charge in [-0.05, 0) is 30.5 Å². The van der Waals surface area contributed by atoms with Crippen LogP contribution in [-0.2, 0) is 4.79 Å². The molecule has 1 saturated carbocycles. The highest BCUT2D eigenvalue weighted by atomic mass is 35.5. The first-order valence-corrected chi connectivity index (χ1v) is 7.29. The Morgan fingerprint density at radius 3 is 2.63 bits per heavy atom. The Balaban J connectivity index is 1.99. The van der Waals surface area contributed by atoms with E-state index in [2.05, 4.69) is 5.32 Å². The SMILES string of the molecule is O=C(NC1CCCCC1)C(Cl)c1ccc(F)c(Cl)c1. The summed E-state index contributed by atoms with van der Waals surface area (Å²) in [5, 5.41) is 2.09. The lowest BCUT2D eigenvalue weighted by atomic mass is 9.95. The van der Waals surface area contributed by atoms with E-state index in [1.165, 1.54) is 24.6 Å². The Morgan fingerprint density at radius 1 is 1.32 bits per heavy atom. The van der Waals surface area contributed by atoms with Gasteiger partial charge in [0.2, 0.25) is 5.91 Å². The van der Waals surface area contributed by atoms with Crippen molar-refractivity contribution in [2.45, 2.75) is 43.5 Å². The molecule has 0 aliphatic heterocycles. The minimum Gasteiger partial charge on any atom is -0.352 e. The molecule has 19 heavy (non-hydrogen) atoms. The van der Waals surface area contributed by atoms with Crippen molar-refractivity contribution >= 4 is 29.1 Å². The van der Waals surface area contributed by atoms with Gasteiger partial charge in [0.1, 0.15) is 11.2 Å². The lowest BCUT2D eigenvalue weighted by Gasteiger charge is -2.24. The number of carbonyl (C=O) groups excluding carboxylic acids is 1. The molecule has 0 radical (unpaired) electrons. The van der Waals surface area contributed by atoms with Gasteiger partial charge in [-0.15, -0.1) is 11.6 Å². The van der Waals surface area contributed by atoms with Crippen LogP contribution in [0.3, 0.4) is 0 Å². The molecule has 1 aromatic rings. The zero-order valence-electron chi connectivity index (χ0n) is 10.5. The summed E-state index contributed by atoms with van der Waals surface area (Å²) in [4.78, 5) is 12.0. The predicted molar refractivity (Wildman–Crippen MR) is 75.0 cm³/mol. The second-order valence-corrected chi connectivity index (χ2v) is 5.72. The largest absolute Gasteiger partial charge is 0.352 e. The topological polar surface area (TPSA) is 29.1 Å². The molecule has 104 valence electrons. The van der Waals surface area contributed by atoms with E-state index in [1.807, 2.05) is 0 Å². The normalized spacial score (nSPS) is 18.1. The summed E-state index contributed by atoms with van der Waals surface area (Å²) in [6.07, 6.45) is 5.50. The molecule has 0 bridgehead atoms. The summed E-state index contributed by atoms with van der Waals surface area (Å²) < 4.78 is 13.1. The average Bonchev–Trinajstić information content (AvgIpc) is 2.42. The van der Waals surface area contributed by atoms with Crippen LogP contribution in [0.4, 0.5) is 4.39 Å². The van der Waals surface area contributed by atoms with Crippen LogP contribution in [0.25, 0.3) is 0 Å². The third kappa shape index (κ3) is 3.83. The molecule has 1 aromatic carbocycles. The van der Waals surface area contributed by atoms with Crippen LogP contribution in [0, 0.1) is 5.82 Å². The first kappa shape index (κ1) is 14.6. The summed E-state index contributed by atoms with van der Waals surface area (Å²) in [6.45, 7) is 0. The number of rotatable bonds is 3. The van der Waals surface area contributed by atoms with E-state index < -0.39 is 11.2 Å². The van der Waals surface area contributed by atoms with E-state index >= 15 is 0 Å². The van der Waals surface area contributed by atoms with E-state index in [0.29, 0.717) is 5.56 Å². The molecule has 1 aliphatic carbocycles. The smallest absolute Gasteiger partial charge is 0.242 e. The average molecular weight is 304 g/mol. The van der Waals surface area contributed by atoms with E-state index in [4.69, 9.17) is 23.2 Å². The monoisotopic (exact) mass is 303 g/mol. The lowest BCUT2D eigenvalue weighted by Crippen LogP contribution is -2.38. The number of benzene rings is 1. The maximum absolute atomic E-state index is 13.1. The minimum atomic E-state index is -0.833. The highest BCUT2D eigenvalue weighted by Gasteiger charge is 2.22. The molecule has 0 aromatic heterocycles. The number of alkyl halides is 1. The molecule has 0 spiro atoms. The number of amides is 1. The van der Waals surface area contributed by atoms with Gasteiger partial charge in [-0.2, -0.15) is 0 Å². The number of nitrogens with one attached hydrogen (secondary N) is 1. The maximum atomic E-state index is 13.1. The van der Waals surface area contributed by atoms with Crippen molar-refractivity contribution in [2.75, 3.05) is 0 Å².